The molecule has 4 heterocycles. The van der Waals surface area contributed by atoms with Crippen molar-refractivity contribution in [2.75, 3.05) is 6.54 Å². The summed E-state index contributed by atoms with van der Waals surface area (Å²) < 4.78 is 12.2. The van der Waals surface area contributed by atoms with E-state index in [1.54, 1.807) is 0 Å². The van der Waals surface area contributed by atoms with Crippen molar-refractivity contribution in [2.45, 2.75) is 100 Å². The Labute approximate surface area is 283 Å². The number of benzene rings is 1. The highest BCUT2D eigenvalue weighted by Crippen LogP contribution is 2.43. The van der Waals surface area contributed by atoms with Crippen LogP contribution in [0.4, 0.5) is 4.79 Å². The monoisotopic (exact) mass is 671 g/mol. The van der Waals surface area contributed by atoms with Crippen molar-refractivity contribution in [3.8, 4) is 16.5 Å². The summed E-state index contributed by atoms with van der Waals surface area (Å²) in [6.07, 6.45) is 11.7. The van der Waals surface area contributed by atoms with Crippen LogP contribution in [0.15, 0.2) is 53.9 Å². The predicted molar refractivity (Wildman–Crippen MR) is 180 cm³/mol. The number of nitrogens with one attached hydrogen (secondary N) is 2. The van der Waals surface area contributed by atoms with E-state index in [0.29, 0.717) is 29.9 Å². The first-order chi connectivity index (χ1) is 23.4. The molecule has 0 spiro atoms. The van der Waals surface area contributed by atoms with Gasteiger partial charge in [0.2, 0.25) is 17.7 Å². The van der Waals surface area contributed by atoms with E-state index in [0.717, 1.165) is 68.0 Å². The minimum absolute atomic E-state index is 0.0809. The van der Waals surface area contributed by atoms with Gasteiger partial charge < -0.3 is 29.8 Å². The van der Waals surface area contributed by atoms with Gasteiger partial charge >= 0.3 is 6.09 Å². The third-order valence-electron chi connectivity index (χ3n) is 9.94. The van der Waals surface area contributed by atoms with Crippen LogP contribution in [0.5, 0.6) is 5.88 Å². The Balaban J connectivity index is 1.18. The lowest BCUT2D eigenvalue weighted by molar-refractivity contribution is -0.140. The average molecular weight is 672 g/mol. The molecule has 48 heavy (non-hydrogen) atoms. The Morgan fingerprint density at radius 3 is 2.56 bits per heavy atom. The van der Waals surface area contributed by atoms with E-state index < -0.39 is 35.7 Å². The summed E-state index contributed by atoms with van der Waals surface area (Å²) in [6.45, 7) is 0.0998. The molecule has 5 atom stereocenters. The molecule has 1 saturated heterocycles. The standard InChI is InChI=1S/C36H41N5O6S/c42-22-36-20-23(36)11-4-2-1-3-5-16-28(39-35(45)47-24-12-6-7-13-24)34(44)41-21-25(19-29(41)32(43)40-36)46-33-31(30-17-10-18-48-30)37-26-14-8-9-15-27(26)38-33/h4,8-11,14-15,17-18,22-25,28-29H,1-3,5-7,12-13,16,19-21H2,(H,39,45)(H,40,43)/t23?,25-,28-,29+,36-/m1/s1. The summed E-state index contributed by atoms with van der Waals surface area (Å²) in [5.74, 6) is -0.540. The zero-order valence-corrected chi connectivity index (χ0v) is 27.7. The van der Waals surface area contributed by atoms with Gasteiger partial charge in [-0.15, -0.1) is 11.3 Å². The number of ether oxygens (including phenoxy) is 2. The molecule has 1 unspecified atom stereocenters. The summed E-state index contributed by atoms with van der Waals surface area (Å²) in [5, 5.41) is 7.78. The van der Waals surface area contributed by atoms with Gasteiger partial charge in [-0.2, -0.15) is 0 Å². The summed E-state index contributed by atoms with van der Waals surface area (Å²) in [4.78, 5) is 65.7. The normalized spacial score (nSPS) is 28.1. The fraction of sp³-hybridized carbons (Fsp3) is 0.500. The number of thiophene rings is 1. The fourth-order valence-electron chi connectivity index (χ4n) is 7.18. The summed E-state index contributed by atoms with van der Waals surface area (Å²) >= 11 is 1.52. The first-order valence-electron chi connectivity index (χ1n) is 17.1. The molecule has 7 rings (SSSR count). The molecule has 2 aromatic heterocycles. The van der Waals surface area contributed by atoms with Gasteiger partial charge in [-0.25, -0.2) is 14.8 Å². The first-order valence-corrected chi connectivity index (χ1v) is 18.0. The highest BCUT2D eigenvalue weighted by molar-refractivity contribution is 7.13. The lowest BCUT2D eigenvalue weighted by Crippen LogP contribution is -2.55. The molecule has 12 heteroatoms. The van der Waals surface area contributed by atoms with Gasteiger partial charge in [0.1, 0.15) is 41.8 Å². The third-order valence-corrected chi connectivity index (χ3v) is 10.8. The molecule has 3 fully saturated rings. The van der Waals surface area contributed by atoms with Crippen molar-refractivity contribution in [2.24, 2.45) is 5.92 Å². The molecule has 0 bridgehead atoms. The number of aldehydes is 1. The minimum Gasteiger partial charge on any atom is -0.471 e. The number of allylic oxidation sites excluding steroid dienone is 1. The Morgan fingerprint density at radius 2 is 1.79 bits per heavy atom. The molecule has 3 amide bonds. The Kier molecular flexibility index (Phi) is 9.43. The quantitative estimate of drug-likeness (QED) is 0.265. The van der Waals surface area contributed by atoms with Gasteiger partial charge in [0.05, 0.1) is 22.5 Å². The zero-order valence-electron chi connectivity index (χ0n) is 26.8. The average Bonchev–Trinajstić information content (AvgIpc) is 3.60. The van der Waals surface area contributed by atoms with Crippen molar-refractivity contribution in [1.82, 2.24) is 25.5 Å². The van der Waals surface area contributed by atoms with Crippen molar-refractivity contribution < 1.29 is 28.7 Å². The molecule has 2 aliphatic carbocycles. The van der Waals surface area contributed by atoms with Crippen LogP contribution in [0.1, 0.15) is 70.6 Å². The summed E-state index contributed by atoms with van der Waals surface area (Å²) in [7, 11) is 0. The second kappa shape index (κ2) is 14.0. The molecule has 2 N–H and O–H groups in total. The highest BCUT2D eigenvalue weighted by Gasteiger charge is 2.56. The van der Waals surface area contributed by atoms with Gasteiger partial charge in [0.25, 0.3) is 0 Å². The molecule has 1 aromatic carbocycles. The number of hydrogen-bond donors (Lipinski definition) is 2. The van der Waals surface area contributed by atoms with Gasteiger partial charge in [-0.3, -0.25) is 9.59 Å². The number of para-hydroxylation sites is 2. The molecule has 11 nitrogen and oxygen atoms in total. The fourth-order valence-corrected chi connectivity index (χ4v) is 7.88. The van der Waals surface area contributed by atoms with Crippen molar-refractivity contribution >= 4 is 46.6 Å². The number of rotatable bonds is 6. The number of nitrogens with zero attached hydrogens (tertiary/aromatic N) is 3. The van der Waals surface area contributed by atoms with E-state index in [9.17, 15) is 19.2 Å². The van der Waals surface area contributed by atoms with E-state index >= 15 is 0 Å². The van der Waals surface area contributed by atoms with E-state index in [1.165, 1.54) is 16.2 Å². The van der Waals surface area contributed by atoms with E-state index in [4.69, 9.17) is 19.4 Å². The van der Waals surface area contributed by atoms with Crippen LogP contribution in [0.2, 0.25) is 0 Å². The zero-order chi connectivity index (χ0) is 33.1. The lowest BCUT2D eigenvalue weighted by atomic mass is 10.0. The highest BCUT2D eigenvalue weighted by atomic mass is 32.1. The second-order valence-corrected chi connectivity index (χ2v) is 14.3. The summed E-state index contributed by atoms with van der Waals surface area (Å²) in [6, 6.07) is 9.65. The van der Waals surface area contributed by atoms with Gasteiger partial charge in [-0.1, -0.05) is 43.2 Å². The van der Waals surface area contributed by atoms with Crippen LogP contribution in [0, 0.1) is 5.92 Å². The molecule has 4 aliphatic rings. The van der Waals surface area contributed by atoms with E-state index in [-0.39, 0.29) is 30.9 Å². The molecule has 2 saturated carbocycles. The maximum atomic E-state index is 14.4. The lowest BCUT2D eigenvalue weighted by Gasteiger charge is -2.29. The maximum Gasteiger partial charge on any atom is 0.408 e. The van der Waals surface area contributed by atoms with Crippen molar-refractivity contribution in [1.29, 1.82) is 0 Å². The molecular weight excluding hydrogens is 630 g/mol. The van der Waals surface area contributed by atoms with Gasteiger partial charge in [0, 0.05) is 12.3 Å². The second-order valence-electron chi connectivity index (χ2n) is 13.4. The van der Waals surface area contributed by atoms with Crippen molar-refractivity contribution in [3.05, 3.63) is 53.9 Å². The maximum absolute atomic E-state index is 14.4. The number of amides is 3. The van der Waals surface area contributed by atoms with Gasteiger partial charge in [0.15, 0.2) is 0 Å². The van der Waals surface area contributed by atoms with E-state index in [2.05, 4.69) is 16.7 Å². The Morgan fingerprint density at radius 1 is 1.00 bits per heavy atom. The van der Waals surface area contributed by atoms with E-state index in [1.807, 2.05) is 47.9 Å². The predicted octanol–water partition coefficient (Wildman–Crippen LogP) is 5.34. The largest absolute Gasteiger partial charge is 0.471 e. The molecule has 252 valence electrons. The number of aromatic nitrogens is 2. The van der Waals surface area contributed by atoms with Crippen LogP contribution in [-0.4, -0.2) is 75.4 Å². The molecule has 3 aromatic rings. The first kappa shape index (κ1) is 32.2. The van der Waals surface area contributed by atoms with Crippen LogP contribution in [0.25, 0.3) is 21.6 Å². The van der Waals surface area contributed by atoms with Crippen LogP contribution in [0.3, 0.4) is 0 Å². The van der Waals surface area contributed by atoms with Crippen LogP contribution in [-0.2, 0) is 19.1 Å². The third kappa shape index (κ3) is 6.94. The number of alkyl carbamates (subject to hydrolysis) is 1. The smallest absolute Gasteiger partial charge is 0.408 e. The number of hydrogen-bond acceptors (Lipinski definition) is 9. The number of carbonyl (C=O) groups is 4. The topological polar surface area (TPSA) is 140 Å². The number of fused-ring (bicyclic) bond motifs is 3. The Hall–Kier alpha value is -4.32. The van der Waals surface area contributed by atoms with Crippen LogP contribution < -0.4 is 15.4 Å². The number of carbonyl (C=O) groups excluding carboxylic acids is 4. The Bertz CT molecular complexity index is 1690. The molecule has 2 aliphatic heterocycles. The summed E-state index contributed by atoms with van der Waals surface area (Å²) in [5.41, 5.74) is 0.999. The molecule has 0 radical (unpaired) electrons. The molecular formula is C36H41N5O6S. The van der Waals surface area contributed by atoms with Gasteiger partial charge in [-0.05, 0) is 74.9 Å². The van der Waals surface area contributed by atoms with Crippen LogP contribution >= 0.6 is 11.3 Å². The SMILES string of the molecule is O=C[C@]12CC1C=CCCCCC[C@@H](NC(=O)OC1CCCC1)C(=O)N1C[C@H](Oc3nc4ccccc4nc3-c3cccs3)C[C@H]1C(=O)N2. The minimum atomic E-state index is -0.986. The van der Waals surface area contributed by atoms with Crippen molar-refractivity contribution in [3.63, 3.8) is 0 Å².